The van der Waals surface area contributed by atoms with E-state index in [1.54, 1.807) is 0 Å². The van der Waals surface area contributed by atoms with Crippen LogP contribution in [-0.4, -0.2) is 34.6 Å². The van der Waals surface area contributed by atoms with Crippen molar-refractivity contribution in [1.82, 2.24) is 9.97 Å². The third-order valence-electron chi connectivity index (χ3n) is 2.04. The first kappa shape index (κ1) is 13.1. The van der Waals surface area contributed by atoms with Gasteiger partial charge in [0, 0.05) is 30.6 Å². The molecule has 1 rings (SSSR count). The van der Waals surface area contributed by atoms with Crippen LogP contribution in [0.4, 0.5) is 11.8 Å². The number of aromatic nitrogens is 2. The number of nitrogens with one attached hydrogen (secondary N) is 2. The molecule has 0 aromatic carbocycles. The van der Waals surface area contributed by atoms with Crippen LogP contribution in [0.5, 0.6) is 0 Å². The molecule has 1 aromatic heterocycles. The molecule has 0 radical (unpaired) electrons. The van der Waals surface area contributed by atoms with Crippen LogP contribution in [0.2, 0.25) is 0 Å². The number of anilines is 2. The second-order valence-corrected chi connectivity index (χ2v) is 4.99. The fourth-order valence-corrected chi connectivity index (χ4v) is 2.02. The Morgan fingerprint density at radius 1 is 1.44 bits per heavy atom. The minimum atomic E-state index is 0.420. The van der Waals surface area contributed by atoms with Gasteiger partial charge < -0.3 is 10.6 Å². The van der Waals surface area contributed by atoms with E-state index in [-0.39, 0.29) is 0 Å². The zero-order chi connectivity index (χ0) is 12.0. The van der Waals surface area contributed by atoms with Crippen LogP contribution < -0.4 is 10.6 Å². The van der Waals surface area contributed by atoms with E-state index in [0.29, 0.717) is 12.0 Å². The van der Waals surface area contributed by atoms with E-state index in [4.69, 9.17) is 0 Å². The lowest BCUT2D eigenvalue weighted by atomic mass is 10.3. The molecule has 0 aliphatic rings. The van der Waals surface area contributed by atoms with Crippen LogP contribution in [0.15, 0.2) is 6.07 Å². The van der Waals surface area contributed by atoms with Gasteiger partial charge in [-0.3, -0.25) is 0 Å². The van der Waals surface area contributed by atoms with Gasteiger partial charge in [-0.1, -0.05) is 6.92 Å². The molecule has 16 heavy (non-hydrogen) atoms. The number of aryl methyl sites for hydroxylation is 1. The molecule has 90 valence electrons. The number of nitrogens with zero attached hydrogens (tertiary/aromatic N) is 2. The SMILES string of the molecule is CCSCC(C)Nc1cc(C)nc(NC)n1. The lowest BCUT2D eigenvalue weighted by molar-refractivity contribution is 0.897. The fraction of sp³-hybridized carbons (Fsp3) is 0.636. The van der Waals surface area contributed by atoms with E-state index in [0.717, 1.165) is 23.0 Å². The highest BCUT2D eigenvalue weighted by Gasteiger charge is 2.05. The van der Waals surface area contributed by atoms with Gasteiger partial charge >= 0.3 is 0 Å². The Bertz CT molecular complexity index is 330. The number of thioether (sulfide) groups is 1. The van der Waals surface area contributed by atoms with Crippen molar-refractivity contribution in [3.8, 4) is 0 Å². The molecule has 5 heteroatoms. The van der Waals surface area contributed by atoms with E-state index in [1.807, 2.05) is 31.8 Å². The quantitative estimate of drug-likeness (QED) is 0.799. The van der Waals surface area contributed by atoms with E-state index >= 15 is 0 Å². The topological polar surface area (TPSA) is 49.8 Å². The summed E-state index contributed by atoms with van der Waals surface area (Å²) in [4.78, 5) is 8.61. The Kier molecular flexibility index (Phi) is 5.38. The fourth-order valence-electron chi connectivity index (χ4n) is 1.34. The maximum Gasteiger partial charge on any atom is 0.224 e. The van der Waals surface area contributed by atoms with Gasteiger partial charge in [-0.15, -0.1) is 0 Å². The standard InChI is InChI=1S/C11H20N4S/c1-5-16-7-9(3)13-10-6-8(2)14-11(12-4)15-10/h6,9H,5,7H2,1-4H3,(H2,12,13,14,15). The molecular weight excluding hydrogens is 220 g/mol. The molecule has 0 saturated heterocycles. The van der Waals surface area contributed by atoms with E-state index < -0.39 is 0 Å². The zero-order valence-electron chi connectivity index (χ0n) is 10.4. The second-order valence-electron chi connectivity index (χ2n) is 3.67. The average molecular weight is 240 g/mol. The molecule has 0 bridgehead atoms. The van der Waals surface area contributed by atoms with Gasteiger partial charge in [-0.25, -0.2) is 4.98 Å². The van der Waals surface area contributed by atoms with Gasteiger partial charge in [0.05, 0.1) is 0 Å². The first-order chi connectivity index (χ1) is 7.65. The van der Waals surface area contributed by atoms with Gasteiger partial charge in [-0.2, -0.15) is 16.7 Å². The monoisotopic (exact) mass is 240 g/mol. The van der Waals surface area contributed by atoms with Crippen LogP contribution in [0.25, 0.3) is 0 Å². The molecule has 0 aliphatic carbocycles. The highest BCUT2D eigenvalue weighted by Crippen LogP contribution is 2.12. The van der Waals surface area contributed by atoms with Gasteiger partial charge in [0.25, 0.3) is 0 Å². The molecule has 0 aliphatic heterocycles. The molecule has 1 heterocycles. The highest BCUT2D eigenvalue weighted by atomic mass is 32.2. The Hall–Kier alpha value is -0.970. The molecule has 0 saturated carbocycles. The van der Waals surface area contributed by atoms with Crippen LogP contribution >= 0.6 is 11.8 Å². The van der Waals surface area contributed by atoms with Gasteiger partial charge in [0.1, 0.15) is 5.82 Å². The maximum atomic E-state index is 4.36. The first-order valence-electron chi connectivity index (χ1n) is 5.53. The summed E-state index contributed by atoms with van der Waals surface area (Å²) in [5.74, 6) is 3.80. The molecule has 2 N–H and O–H groups in total. The molecule has 4 nitrogen and oxygen atoms in total. The van der Waals surface area contributed by atoms with Crippen molar-refractivity contribution in [3.05, 3.63) is 11.8 Å². The average Bonchev–Trinajstić information content (AvgIpc) is 2.25. The lowest BCUT2D eigenvalue weighted by Crippen LogP contribution is -2.19. The van der Waals surface area contributed by atoms with Crippen molar-refractivity contribution in [2.75, 3.05) is 29.2 Å². The van der Waals surface area contributed by atoms with Crippen LogP contribution in [-0.2, 0) is 0 Å². The number of rotatable bonds is 6. The molecule has 1 aromatic rings. The summed E-state index contributed by atoms with van der Waals surface area (Å²) in [7, 11) is 1.83. The third-order valence-corrected chi connectivity index (χ3v) is 3.19. The lowest BCUT2D eigenvalue weighted by Gasteiger charge is -2.14. The summed E-state index contributed by atoms with van der Waals surface area (Å²) in [6.45, 7) is 6.31. The van der Waals surface area contributed by atoms with Gasteiger partial charge in [0.2, 0.25) is 5.95 Å². The van der Waals surface area contributed by atoms with Gasteiger partial charge in [0.15, 0.2) is 0 Å². The second kappa shape index (κ2) is 6.58. The van der Waals surface area contributed by atoms with E-state index in [9.17, 15) is 0 Å². The molecule has 1 atom stereocenters. The van der Waals surface area contributed by atoms with Crippen molar-refractivity contribution in [1.29, 1.82) is 0 Å². The van der Waals surface area contributed by atoms with Crippen molar-refractivity contribution >= 4 is 23.5 Å². The molecule has 1 unspecified atom stereocenters. The van der Waals surface area contributed by atoms with Crippen molar-refractivity contribution < 1.29 is 0 Å². The minimum absolute atomic E-state index is 0.420. The van der Waals surface area contributed by atoms with E-state index in [1.165, 1.54) is 0 Å². The van der Waals surface area contributed by atoms with Crippen molar-refractivity contribution in [2.24, 2.45) is 0 Å². The Balaban J connectivity index is 2.61. The summed E-state index contributed by atoms with van der Waals surface area (Å²) >= 11 is 1.93. The minimum Gasteiger partial charge on any atom is -0.367 e. The third kappa shape index (κ3) is 4.26. The Labute approximate surface area is 102 Å². The summed E-state index contributed by atoms with van der Waals surface area (Å²) in [5, 5.41) is 6.34. The van der Waals surface area contributed by atoms with Crippen LogP contribution in [0, 0.1) is 6.92 Å². The Morgan fingerprint density at radius 2 is 2.19 bits per heavy atom. The largest absolute Gasteiger partial charge is 0.367 e. The Morgan fingerprint density at radius 3 is 2.81 bits per heavy atom. The predicted molar refractivity (Wildman–Crippen MR) is 72.4 cm³/mol. The molecule has 0 amide bonds. The van der Waals surface area contributed by atoms with Crippen molar-refractivity contribution in [2.45, 2.75) is 26.8 Å². The highest BCUT2D eigenvalue weighted by molar-refractivity contribution is 7.99. The summed E-state index contributed by atoms with van der Waals surface area (Å²) in [6, 6.07) is 2.39. The van der Waals surface area contributed by atoms with Gasteiger partial charge in [-0.05, 0) is 19.6 Å². The number of hydrogen-bond acceptors (Lipinski definition) is 5. The maximum absolute atomic E-state index is 4.36. The summed E-state index contributed by atoms with van der Waals surface area (Å²) in [5.41, 5.74) is 0.970. The summed E-state index contributed by atoms with van der Waals surface area (Å²) in [6.07, 6.45) is 0. The van der Waals surface area contributed by atoms with Crippen LogP contribution in [0.1, 0.15) is 19.5 Å². The molecular formula is C11H20N4S. The smallest absolute Gasteiger partial charge is 0.224 e. The molecule has 0 spiro atoms. The normalized spacial score (nSPS) is 12.2. The molecule has 0 fully saturated rings. The summed E-state index contributed by atoms with van der Waals surface area (Å²) < 4.78 is 0. The zero-order valence-corrected chi connectivity index (χ0v) is 11.2. The van der Waals surface area contributed by atoms with E-state index in [2.05, 4.69) is 34.4 Å². The van der Waals surface area contributed by atoms with Crippen molar-refractivity contribution in [3.63, 3.8) is 0 Å². The van der Waals surface area contributed by atoms with Crippen LogP contribution in [0.3, 0.4) is 0 Å². The first-order valence-corrected chi connectivity index (χ1v) is 6.69. The predicted octanol–water partition coefficient (Wildman–Crippen LogP) is 2.38. The number of hydrogen-bond donors (Lipinski definition) is 2.